The van der Waals surface area contributed by atoms with Crippen molar-refractivity contribution < 1.29 is 9.52 Å². The van der Waals surface area contributed by atoms with Crippen molar-refractivity contribution in [2.75, 3.05) is 0 Å². The molecule has 0 saturated heterocycles. The molecule has 0 bridgehead atoms. The molecule has 3 nitrogen and oxygen atoms in total. The van der Waals surface area contributed by atoms with Gasteiger partial charge < -0.3 is 9.52 Å². The summed E-state index contributed by atoms with van der Waals surface area (Å²) in [7, 11) is 0. The van der Waals surface area contributed by atoms with E-state index in [9.17, 15) is 5.11 Å². The monoisotopic (exact) mass is 193 g/mol. The zero-order valence-electron chi connectivity index (χ0n) is 6.41. The molecule has 2 aromatic rings. The molecule has 1 N–H and O–H groups in total. The van der Waals surface area contributed by atoms with Crippen molar-refractivity contribution >= 4 is 22.6 Å². The van der Waals surface area contributed by atoms with Gasteiger partial charge in [0.05, 0.1) is 5.39 Å². The lowest BCUT2D eigenvalue weighted by Crippen LogP contribution is -1.66. The van der Waals surface area contributed by atoms with Crippen molar-refractivity contribution in [2.45, 2.75) is 0 Å². The van der Waals surface area contributed by atoms with Crippen LogP contribution in [0.3, 0.4) is 0 Å². The Morgan fingerprint density at radius 1 is 1.46 bits per heavy atom. The molecule has 13 heavy (non-hydrogen) atoms. The van der Waals surface area contributed by atoms with Gasteiger partial charge in [-0.05, 0) is 18.2 Å². The van der Waals surface area contributed by atoms with Crippen LogP contribution in [0.4, 0.5) is 0 Å². The predicted molar refractivity (Wildman–Crippen MR) is 47.6 cm³/mol. The number of nitrogens with zero attached hydrogens (tertiary/aromatic N) is 1. The second-order valence-corrected chi connectivity index (χ2v) is 2.97. The van der Waals surface area contributed by atoms with Gasteiger partial charge in [-0.3, -0.25) is 0 Å². The van der Waals surface area contributed by atoms with E-state index in [2.05, 4.69) is 0 Å². The van der Waals surface area contributed by atoms with Crippen molar-refractivity contribution in [1.82, 2.24) is 0 Å². The molecule has 0 aliphatic rings. The van der Waals surface area contributed by atoms with Gasteiger partial charge in [0.15, 0.2) is 5.75 Å². The summed E-state index contributed by atoms with van der Waals surface area (Å²) >= 11 is 5.71. The fraction of sp³-hybridized carbons (Fsp3) is 0. The summed E-state index contributed by atoms with van der Waals surface area (Å²) in [5, 5.41) is 18.9. The summed E-state index contributed by atoms with van der Waals surface area (Å²) in [6.45, 7) is 0. The number of hydrogen-bond donors (Lipinski definition) is 1. The average molecular weight is 194 g/mol. The maximum Gasteiger partial charge on any atom is 0.246 e. The third-order valence-electron chi connectivity index (χ3n) is 1.73. The van der Waals surface area contributed by atoms with E-state index < -0.39 is 0 Å². The lowest BCUT2D eigenvalue weighted by atomic mass is 10.2. The van der Waals surface area contributed by atoms with E-state index >= 15 is 0 Å². The summed E-state index contributed by atoms with van der Waals surface area (Å²) in [5.41, 5.74) is 0.457. The number of benzene rings is 1. The van der Waals surface area contributed by atoms with Gasteiger partial charge in [-0.1, -0.05) is 11.6 Å². The molecule has 0 aliphatic heterocycles. The van der Waals surface area contributed by atoms with Crippen LogP contribution < -0.4 is 0 Å². The Kier molecular flexibility index (Phi) is 1.64. The Bertz CT molecular complexity index is 510. The number of hydrogen-bond acceptors (Lipinski definition) is 3. The van der Waals surface area contributed by atoms with Crippen molar-refractivity contribution in [3.63, 3.8) is 0 Å². The molecule has 0 aliphatic carbocycles. The van der Waals surface area contributed by atoms with Crippen LogP contribution in [0.15, 0.2) is 22.6 Å². The van der Waals surface area contributed by atoms with Crippen LogP contribution in [0.2, 0.25) is 5.02 Å². The number of furan rings is 1. The third-order valence-corrected chi connectivity index (χ3v) is 1.96. The minimum Gasteiger partial charge on any atom is -0.503 e. The molecule has 1 heterocycles. The zero-order chi connectivity index (χ0) is 9.42. The first-order valence-corrected chi connectivity index (χ1v) is 3.91. The van der Waals surface area contributed by atoms with E-state index in [0.717, 1.165) is 0 Å². The van der Waals surface area contributed by atoms with Crippen LogP contribution in [0.5, 0.6) is 5.75 Å². The highest BCUT2D eigenvalue weighted by molar-refractivity contribution is 6.31. The minimum atomic E-state index is -0.153. The summed E-state index contributed by atoms with van der Waals surface area (Å²) in [5.74, 6) is -0.239. The number of halogens is 1. The standard InChI is InChI=1S/C9H4ClNO2/c10-5-1-2-7-6(3-5)9(12)8(4-11)13-7/h1-3,12H. The largest absolute Gasteiger partial charge is 0.503 e. The number of aromatic hydroxyl groups is 1. The van der Waals surface area contributed by atoms with Gasteiger partial charge in [-0.15, -0.1) is 0 Å². The summed E-state index contributed by atoms with van der Waals surface area (Å²) < 4.78 is 5.03. The lowest BCUT2D eigenvalue weighted by molar-refractivity contribution is 0.459. The Balaban J connectivity index is 2.87. The van der Waals surface area contributed by atoms with Crippen LogP contribution in [0.1, 0.15) is 5.76 Å². The molecule has 0 unspecified atom stereocenters. The van der Waals surface area contributed by atoms with Gasteiger partial charge in [0, 0.05) is 5.02 Å². The van der Waals surface area contributed by atoms with Gasteiger partial charge in [-0.2, -0.15) is 5.26 Å². The molecule has 1 aromatic heterocycles. The van der Waals surface area contributed by atoms with Crippen LogP contribution in [-0.2, 0) is 0 Å². The molecule has 0 atom stereocenters. The van der Waals surface area contributed by atoms with E-state index in [1.807, 2.05) is 0 Å². The molecule has 64 valence electrons. The van der Waals surface area contributed by atoms with Gasteiger partial charge in [0.1, 0.15) is 11.7 Å². The van der Waals surface area contributed by atoms with E-state index in [4.69, 9.17) is 21.3 Å². The van der Waals surface area contributed by atoms with Crippen LogP contribution in [0, 0.1) is 11.3 Å². The van der Waals surface area contributed by atoms with Crippen LogP contribution >= 0.6 is 11.6 Å². The lowest BCUT2D eigenvalue weighted by Gasteiger charge is -1.88. The molecule has 0 spiro atoms. The quantitative estimate of drug-likeness (QED) is 0.700. The predicted octanol–water partition coefficient (Wildman–Crippen LogP) is 2.66. The third kappa shape index (κ3) is 1.12. The first-order chi connectivity index (χ1) is 6.22. The van der Waals surface area contributed by atoms with Crippen molar-refractivity contribution in [2.24, 2.45) is 0 Å². The van der Waals surface area contributed by atoms with Crippen LogP contribution in [-0.4, -0.2) is 5.11 Å². The summed E-state index contributed by atoms with van der Waals surface area (Å²) in [6, 6.07) is 6.54. The Morgan fingerprint density at radius 2 is 2.23 bits per heavy atom. The number of fused-ring (bicyclic) bond motifs is 1. The molecular weight excluding hydrogens is 190 g/mol. The van der Waals surface area contributed by atoms with E-state index in [1.165, 1.54) is 0 Å². The maximum atomic E-state index is 9.44. The number of nitriles is 1. The van der Waals surface area contributed by atoms with Gasteiger partial charge in [-0.25, -0.2) is 0 Å². The maximum absolute atomic E-state index is 9.44. The zero-order valence-corrected chi connectivity index (χ0v) is 7.17. The molecule has 0 saturated carbocycles. The summed E-state index contributed by atoms with van der Waals surface area (Å²) in [6.07, 6.45) is 0. The van der Waals surface area contributed by atoms with Crippen molar-refractivity contribution in [3.05, 3.63) is 29.0 Å². The Labute approximate surface area is 78.8 Å². The highest BCUT2D eigenvalue weighted by atomic mass is 35.5. The molecule has 1 aromatic carbocycles. The van der Waals surface area contributed by atoms with Crippen molar-refractivity contribution in [1.29, 1.82) is 5.26 Å². The highest BCUT2D eigenvalue weighted by Crippen LogP contribution is 2.32. The molecule has 0 amide bonds. The second kappa shape index (κ2) is 2.68. The Hall–Kier alpha value is -1.66. The van der Waals surface area contributed by atoms with Crippen LogP contribution in [0.25, 0.3) is 11.0 Å². The minimum absolute atomic E-state index is 0.0859. The molecule has 2 rings (SSSR count). The highest BCUT2D eigenvalue weighted by Gasteiger charge is 2.12. The molecular formula is C9H4ClNO2. The molecule has 4 heteroatoms. The van der Waals surface area contributed by atoms with E-state index in [0.29, 0.717) is 16.0 Å². The number of rotatable bonds is 0. The first kappa shape index (κ1) is 7.96. The first-order valence-electron chi connectivity index (χ1n) is 3.53. The fourth-order valence-electron chi connectivity index (χ4n) is 1.13. The molecule has 0 fully saturated rings. The van der Waals surface area contributed by atoms with Gasteiger partial charge >= 0.3 is 0 Å². The Morgan fingerprint density at radius 3 is 2.92 bits per heavy atom. The van der Waals surface area contributed by atoms with Crippen molar-refractivity contribution in [3.8, 4) is 11.8 Å². The van der Waals surface area contributed by atoms with Gasteiger partial charge in [0.25, 0.3) is 0 Å². The van der Waals surface area contributed by atoms with E-state index in [1.54, 1.807) is 24.3 Å². The van der Waals surface area contributed by atoms with Gasteiger partial charge in [0.2, 0.25) is 5.76 Å². The normalized spacial score (nSPS) is 10.2. The topological polar surface area (TPSA) is 57.2 Å². The SMILES string of the molecule is N#Cc1oc2ccc(Cl)cc2c1O. The summed E-state index contributed by atoms with van der Waals surface area (Å²) in [4.78, 5) is 0. The second-order valence-electron chi connectivity index (χ2n) is 2.53. The smallest absolute Gasteiger partial charge is 0.246 e. The average Bonchev–Trinajstić information content (AvgIpc) is 2.44. The fourth-order valence-corrected chi connectivity index (χ4v) is 1.30. The molecule has 0 radical (unpaired) electrons. The van der Waals surface area contributed by atoms with E-state index in [-0.39, 0.29) is 11.5 Å².